The highest BCUT2D eigenvalue weighted by atomic mass is 32.1. The molecule has 0 saturated carbocycles. The van der Waals surface area contributed by atoms with E-state index < -0.39 is 11.6 Å². The molecule has 2 atom stereocenters. The molecule has 0 fully saturated rings. The Bertz CT molecular complexity index is 2480. The lowest BCUT2D eigenvalue weighted by Crippen LogP contribution is -2.01. The van der Waals surface area contributed by atoms with Crippen LogP contribution < -0.4 is 0 Å². The Balaban J connectivity index is 1.25. The van der Waals surface area contributed by atoms with Gasteiger partial charge in [-0.3, -0.25) is 0 Å². The quantitative estimate of drug-likeness (QED) is 0.0651. The van der Waals surface area contributed by atoms with Crippen LogP contribution in [0.4, 0.5) is 8.78 Å². The van der Waals surface area contributed by atoms with Gasteiger partial charge in [0.1, 0.15) is 11.0 Å². The van der Waals surface area contributed by atoms with Gasteiger partial charge < -0.3 is 5.11 Å². The summed E-state index contributed by atoms with van der Waals surface area (Å²) in [4.78, 5) is 6.24. The number of hydrogen-bond acceptors (Lipinski definition) is 8. The van der Waals surface area contributed by atoms with E-state index in [0.29, 0.717) is 32.6 Å². The molecular weight excluding hydrogens is 855 g/mol. The Morgan fingerprint density at radius 1 is 0.590 bits per heavy atom. The molecule has 5 heterocycles. The number of fused-ring (bicyclic) bond motifs is 3. The second-order valence-electron chi connectivity index (χ2n) is 17.7. The van der Waals surface area contributed by atoms with Crippen LogP contribution in [0, 0.1) is 44.2 Å². The number of aromatic nitrogens is 2. The van der Waals surface area contributed by atoms with Crippen LogP contribution in [-0.2, 0) is 19.3 Å². The van der Waals surface area contributed by atoms with E-state index >= 15 is 8.78 Å². The van der Waals surface area contributed by atoms with Crippen molar-refractivity contribution in [2.45, 2.75) is 158 Å². The molecule has 61 heavy (non-hydrogen) atoms. The molecule has 0 radical (unpaired) electrons. The fourth-order valence-electron chi connectivity index (χ4n) is 9.10. The molecule has 1 N–H and O–H groups in total. The Hall–Kier alpha value is -2.60. The van der Waals surface area contributed by atoms with Gasteiger partial charge in [-0.1, -0.05) is 91.9 Å². The lowest BCUT2D eigenvalue weighted by atomic mass is 9.90. The van der Waals surface area contributed by atoms with Crippen molar-refractivity contribution < 1.29 is 13.9 Å². The van der Waals surface area contributed by atoms with Crippen LogP contribution >= 0.6 is 57.1 Å². The van der Waals surface area contributed by atoms with Gasteiger partial charge in [-0.15, -0.1) is 45.3 Å². The lowest BCUT2D eigenvalue weighted by Gasteiger charge is -2.16. The van der Waals surface area contributed by atoms with E-state index in [-0.39, 0.29) is 17.7 Å². The van der Waals surface area contributed by atoms with Gasteiger partial charge in [0.15, 0.2) is 11.6 Å². The number of nitrogens with zero attached hydrogens (tertiary/aromatic N) is 2. The average Bonchev–Trinajstić information content (AvgIpc) is 4.09. The molecule has 0 saturated heterocycles. The Morgan fingerprint density at radius 2 is 1.15 bits per heavy atom. The first-order chi connectivity index (χ1) is 29.5. The minimum absolute atomic E-state index is 0.222. The van der Waals surface area contributed by atoms with Gasteiger partial charge in [-0.2, -0.15) is 8.75 Å². The summed E-state index contributed by atoms with van der Waals surface area (Å²) in [6.07, 6.45) is 19.4. The van der Waals surface area contributed by atoms with Crippen LogP contribution in [0.2, 0.25) is 0 Å². The van der Waals surface area contributed by atoms with Crippen molar-refractivity contribution in [2.24, 2.45) is 11.8 Å². The van der Waals surface area contributed by atoms with E-state index in [1.165, 1.54) is 109 Å². The number of unbranched alkanes of at least 4 members (excludes halogenated alkanes) is 7. The molecule has 0 aliphatic rings. The maximum absolute atomic E-state index is 16.7. The number of aryl methyl sites for hydroxylation is 6. The summed E-state index contributed by atoms with van der Waals surface area (Å²) in [5.41, 5.74) is 6.58. The molecule has 7 rings (SSSR count). The fourth-order valence-corrected chi connectivity index (χ4v) is 14.5. The number of aliphatic hydroxyl groups is 1. The standard InChI is InChI=1S/C51H64F2N2OS5/c1-8-10-18-30(3)21-23-36-38-27-33(6)57-50(38)37(24-22-31(4)19-11-9-2)39-29-42(60-51(36)39)49-32(5)26-40(59-49)43-45(52)46(53)44(48-47(43)54-61-55-48)41-28-35(34(7)58-41)20-16-14-12-13-15-17-25-56/h26-31,56H,8-25H2,1-7H3. The number of rotatable bonds is 23. The van der Waals surface area contributed by atoms with E-state index in [4.69, 9.17) is 5.11 Å². The zero-order chi connectivity index (χ0) is 43.2. The summed E-state index contributed by atoms with van der Waals surface area (Å²) < 4.78 is 45.4. The van der Waals surface area contributed by atoms with Crippen LogP contribution in [0.5, 0.6) is 0 Å². The van der Waals surface area contributed by atoms with Crippen molar-refractivity contribution in [2.75, 3.05) is 6.61 Å². The first kappa shape index (κ1) is 46.4. The van der Waals surface area contributed by atoms with Crippen LogP contribution in [0.1, 0.15) is 150 Å². The molecule has 0 spiro atoms. The Kier molecular flexibility index (Phi) is 16.3. The van der Waals surface area contributed by atoms with Crippen molar-refractivity contribution in [3.05, 3.63) is 67.9 Å². The van der Waals surface area contributed by atoms with E-state index in [1.54, 1.807) is 11.3 Å². The van der Waals surface area contributed by atoms with Gasteiger partial charge in [0.05, 0.1) is 22.9 Å². The molecule has 7 aromatic rings. The SMILES string of the molecule is CCCCC(C)CCc1c2cc(-c3sc(-c4c(F)c(F)c(-c5cc(CCCCCCCCO)c(C)s5)c5nsnc45)cc3C)sc2c(CCC(C)CCCC)c2cc(C)sc12. The minimum atomic E-state index is -0.843. The molecule has 2 aromatic carbocycles. The van der Waals surface area contributed by atoms with Gasteiger partial charge >= 0.3 is 0 Å². The predicted octanol–water partition coefficient (Wildman–Crippen LogP) is 17.8. The average molecular weight is 919 g/mol. The molecule has 328 valence electrons. The molecule has 0 aliphatic heterocycles. The molecule has 10 heteroatoms. The van der Waals surface area contributed by atoms with Crippen LogP contribution in [0.15, 0.2) is 24.3 Å². The number of benzene rings is 2. The number of halogens is 2. The molecule has 2 unspecified atom stereocenters. The van der Waals surface area contributed by atoms with Crippen molar-refractivity contribution >= 4 is 88.3 Å². The van der Waals surface area contributed by atoms with E-state index in [1.807, 2.05) is 34.8 Å². The second kappa shape index (κ2) is 21.4. The van der Waals surface area contributed by atoms with Gasteiger partial charge in [-0.05, 0) is 135 Å². The van der Waals surface area contributed by atoms with Crippen LogP contribution in [0.25, 0.3) is 61.8 Å². The van der Waals surface area contributed by atoms with Crippen molar-refractivity contribution in [1.29, 1.82) is 0 Å². The molecule has 0 amide bonds. The zero-order valence-corrected chi connectivity index (χ0v) is 41.4. The first-order valence-corrected chi connectivity index (χ1v) is 27.0. The topological polar surface area (TPSA) is 46.0 Å². The summed E-state index contributed by atoms with van der Waals surface area (Å²) in [5.74, 6) is -0.325. The maximum atomic E-state index is 16.7. The zero-order valence-electron chi connectivity index (χ0n) is 37.3. The summed E-state index contributed by atoms with van der Waals surface area (Å²) in [7, 11) is 0. The first-order valence-electron chi connectivity index (χ1n) is 23.0. The van der Waals surface area contributed by atoms with E-state index in [2.05, 4.69) is 69.3 Å². The maximum Gasteiger partial charge on any atom is 0.170 e. The molecule has 0 aliphatic carbocycles. The minimum Gasteiger partial charge on any atom is -0.396 e. The van der Waals surface area contributed by atoms with Crippen LogP contribution in [-0.4, -0.2) is 20.5 Å². The smallest absolute Gasteiger partial charge is 0.170 e. The summed E-state index contributed by atoms with van der Waals surface area (Å²) >= 11 is 7.96. The van der Waals surface area contributed by atoms with Crippen molar-refractivity contribution in [1.82, 2.24) is 8.75 Å². The lowest BCUT2D eigenvalue weighted by molar-refractivity contribution is 0.282. The highest BCUT2D eigenvalue weighted by molar-refractivity contribution is 7.27. The third-order valence-corrected chi connectivity index (χ3v) is 18.1. The third kappa shape index (κ3) is 10.4. The Morgan fingerprint density at radius 3 is 1.75 bits per heavy atom. The van der Waals surface area contributed by atoms with E-state index in [0.717, 1.165) is 84.8 Å². The van der Waals surface area contributed by atoms with Gasteiger partial charge in [0, 0.05) is 45.3 Å². The molecule has 3 nitrogen and oxygen atoms in total. The highest BCUT2D eigenvalue weighted by Crippen LogP contribution is 2.50. The summed E-state index contributed by atoms with van der Waals surface area (Å²) in [5, 5.41) is 11.9. The van der Waals surface area contributed by atoms with Crippen LogP contribution in [0.3, 0.4) is 0 Å². The third-order valence-electron chi connectivity index (χ3n) is 12.8. The highest BCUT2D eigenvalue weighted by Gasteiger charge is 2.29. The van der Waals surface area contributed by atoms with E-state index in [9.17, 15) is 0 Å². The molecule has 0 bridgehead atoms. The van der Waals surface area contributed by atoms with Crippen molar-refractivity contribution in [3.8, 4) is 30.6 Å². The monoisotopic (exact) mass is 918 g/mol. The van der Waals surface area contributed by atoms with Gasteiger partial charge in [0.2, 0.25) is 0 Å². The summed E-state index contributed by atoms with van der Waals surface area (Å²) in [6, 6.07) is 8.95. The normalized spacial score (nSPS) is 13.1. The van der Waals surface area contributed by atoms with Gasteiger partial charge in [-0.25, -0.2) is 8.78 Å². The number of aliphatic hydroxyl groups excluding tert-OH is 1. The second-order valence-corrected chi connectivity index (χ2v) is 22.9. The molecular formula is C51H64F2N2OS5. The predicted molar refractivity (Wildman–Crippen MR) is 267 cm³/mol. The van der Waals surface area contributed by atoms with Crippen molar-refractivity contribution in [3.63, 3.8) is 0 Å². The summed E-state index contributed by atoms with van der Waals surface area (Å²) in [6.45, 7) is 16.1. The molecule has 5 aromatic heterocycles. The number of thiophene rings is 4. The Labute approximate surface area is 383 Å². The van der Waals surface area contributed by atoms with Gasteiger partial charge in [0.25, 0.3) is 0 Å². The fraction of sp³-hybridized carbons (Fsp3) is 0.529. The number of hydrogen-bond donors (Lipinski definition) is 1. The largest absolute Gasteiger partial charge is 0.396 e.